The Morgan fingerprint density at radius 2 is 2.13 bits per heavy atom. The highest BCUT2D eigenvalue weighted by Crippen LogP contribution is 2.49. The van der Waals surface area contributed by atoms with E-state index < -0.39 is 11.9 Å². The third-order valence-corrected chi connectivity index (χ3v) is 4.93. The summed E-state index contributed by atoms with van der Waals surface area (Å²) in [6.07, 6.45) is 2.77. The van der Waals surface area contributed by atoms with Gasteiger partial charge in [0.2, 0.25) is 5.88 Å². The molecule has 0 radical (unpaired) electrons. The van der Waals surface area contributed by atoms with Crippen LogP contribution in [0.25, 0.3) is 0 Å². The van der Waals surface area contributed by atoms with Crippen molar-refractivity contribution in [3.05, 3.63) is 52.4 Å². The summed E-state index contributed by atoms with van der Waals surface area (Å²) in [6, 6.07) is 5.32. The molecular weight excluding hydrogens is 384 g/mol. The first-order valence-electron chi connectivity index (χ1n) is 9.62. The van der Waals surface area contributed by atoms with Gasteiger partial charge in [0.05, 0.1) is 36.5 Å². The van der Waals surface area contributed by atoms with Crippen LogP contribution >= 0.6 is 0 Å². The molecule has 1 unspecified atom stereocenters. The number of aromatic nitrogens is 1. The van der Waals surface area contributed by atoms with Crippen LogP contribution < -0.4 is 20.5 Å². The van der Waals surface area contributed by atoms with Crippen molar-refractivity contribution in [3.63, 3.8) is 0 Å². The number of nitrogen functional groups attached to an aromatic ring is 1. The van der Waals surface area contributed by atoms with E-state index in [4.69, 9.17) is 25.4 Å². The molecule has 30 heavy (non-hydrogen) atoms. The van der Waals surface area contributed by atoms with Crippen LogP contribution in [-0.2, 0) is 9.53 Å². The zero-order valence-corrected chi connectivity index (χ0v) is 17.5. The normalized spacial score (nSPS) is 15.1. The maximum Gasteiger partial charge on any atom is 0.337 e. The minimum absolute atomic E-state index is 0.113. The number of benzene rings is 1. The molecule has 0 saturated heterocycles. The Morgan fingerprint density at radius 1 is 1.37 bits per heavy atom. The van der Waals surface area contributed by atoms with Crippen LogP contribution in [0.2, 0.25) is 0 Å². The van der Waals surface area contributed by atoms with E-state index in [0.717, 1.165) is 28.6 Å². The number of methoxy groups -OCH3 is 1. The number of pyridine rings is 1. The van der Waals surface area contributed by atoms with Gasteiger partial charge in [0.1, 0.15) is 12.4 Å². The SMILES string of the molecule is CCOc1ncc(C)c2c1C(c1ccc(N)cc1OC)C(C(=O)OCC=N)=C(C)N2. The van der Waals surface area contributed by atoms with Crippen molar-refractivity contribution >= 4 is 23.6 Å². The van der Waals surface area contributed by atoms with E-state index in [-0.39, 0.29) is 6.61 Å². The number of ether oxygens (including phenoxy) is 3. The van der Waals surface area contributed by atoms with Gasteiger partial charge in [0.25, 0.3) is 0 Å². The van der Waals surface area contributed by atoms with Crippen LogP contribution in [-0.4, -0.2) is 37.5 Å². The number of rotatable bonds is 7. The Balaban J connectivity index is 2.31. The van der Waals surface area contributed by atoms with Crippen molar-refractivity contribution in [3.8, 4) is 11.6 Å². The molecule has 1 aliphatic heterocycles. The number of esters is 1. The van der Waals surface area contributed by atoms with Gasteiger partial charge >= 0.3 is 5.97 Å². The quantitative estimate of drug-likeness (QED) is 0.363. The van der Waals surface area contributed by atoms with Gasteiger partial charge in [-0.1, -0.05) is 6.07 Å². The lowest BCUT2D eigenvalue weighted by molar-refractivity contribution is -0.137. The van der Waals surface area contributed by atoms with Crippen LogP contribution in [0.3, 0.4) is 0 Å². The number of nitrogens with zero attached hydrogens (tertiary/aromatic N) is 1. The van der Waals surface area contributed by atoms with E-state index in [1.807, 2.05) is 26.8 Å². The molecule has 1 aliphatic rings. The fourth-order valence-electron chi connectivity index (χ4n) is 3.65. The van der Waals surface area contributed by atoms with Gasteiger partial charge in [-0.25, -0.2) is 9.78 Å². The van der Waals surface area contributed by atoms with Gasteiger partial charge in [-0.05, 0) is 32.4 Å². The monoisotopic (exact) mass is 410 g/mol. The highest BCUT2D eigenvalue weighted by Gasteiger charge is 2.38. The molecule has 2 aromatic rings. The van der Waals surface area contributed by atoms with E-state index in [1.165, 1.54) is 0 Å². The molecule has 1 aromatic heterocycles. The molecule has 0 bridgehead atoms. The van der Waals surface area contributed by atoms with Gasteiger partial charge in [-0.2, -0.15) is 0 Å². The molecule has 0 fully saturated rings. The molecule has 3 rings (SSSR count). The van der Waals surface area contributed by atoms with Gasteiger partial charge in [0, 0.05) is 35.4 Å². The fourth-order valence-corrected chi connectivity index (χ4v) is 3.65. The summed E-state index contributed by atoms with van der Waals surface area (Å²) in [5.41, 5.74) is 10.8. The first kappa shape index (κ1) is 21.2. The molecule has 0 saturated carbocycles. The molecule has 4 N–H and O–H groups in total. The van der Waals surface area contributed by atoms with Gasteiger partial charge < -0.3 is 30.7 Å². The summed E-state index contributed by atoms with van der Waals surface area (Å²) < 4.78 is 16.7. The van der Waals surface area contributed by atoms with Crippen molar-refractivity contribution in [2.45, 2.75) is 26.7 Å². The maximum atomic E-state index is 13.0. The predicted octanol–water partition coefficient (Wildman–Crippen LogP) is 3.40. The average molecular weight is 410 g/mol. The number of anilines is 2. The average Bonchev–Trinajstić information content (AvgIpc) is 2.73. The minimum Gasteiger partial charge on any atom is -0.496 e. The van der Waals surface area contributed by atoms with E-state index >= 15 is 0 Å². The van der Waals surface area contributed by atoms with Crippen molar-refractivity contribution in [1.82, 2.24) is 4.98 Å². The first-order valence-corrected chi connectivity index (χ1v) is 9.62. The molecular formula is C22H26N4O4. The Labute approximate surface area is 175 Å². The molecule has 8 heteroatoms. The summed E-state index contributed by atoms with van der Waals surface area (Å²) in [5, 5.41) is 10.5. The second kappa shape index (κ2) is 8.86. The second-order valence-electron chi connectivity index (χ2n) is 6.87. The van der Waals surface area contributed by atoms with Crippen molar-refractivity contribution in [2.24, 2.45) is 0 Å². The molecule has 1 aromatic carbocycles. The smallest absolute Gasteiger partial charge is 0.337 e. The Morgan fingerprint density at radius 3 is 2.80 bits per heavy atom. The van der Waals surface area contributed by atoms with E-state index in [2.05, 4.69) is 10.3 Å². The number of allylic oxidation sites excluding steroid dienone is 1. The number of aryl methyl sites for hydroxylation is 1. The number of nitrogens with two attached hydrogens (primary N) is 1. The molecule has 0 aliphatic carbocycles. The van der Waals surface area contributed by atoms with Crippen molar-refractivity contribution in [2.75, 3.05) is 31.4 Å². The Kier molecular flexibility index (Phi) is 6.25. The molecule has 8 nitrogen and oxygen atoms in total. The number of hydrogen-bond donors (Lipinski definition) is 3. The molecule has 2 heterocycles. The number of nitrogens with one attached hydrogen (secondary N) is 2. The third-order valence-electron chi connectivity index (χ3n) is 4.93. The zero-order chi connectivity index (χ0) is 21.8. The highest BCUT2D eigenvalue weighted by atomic mass is 16.5. The van der Waals surface area contributed by atoms with E-state index in [1.54, 1.807) is 25.4 Å². The van der Waals surface area contributed by atoms with Gasteiger partial charge in [-0.3, -0.25) is 0 Å². The predicted molar refractivity (Wildman–Crippen MR) is 115 cm³/mol. The van der Waals surface area contributed by atoms with Crippen LogP contribution in [0.1, 0.15) is 36.5 Å². The van der Waals surface area contributed by atoms with Crippen LogP contribution in [0.5, 0.6) is 11.6 Å². The Hall–Kier alpha value is -3.55. The maximum absolute atomic E-state index is 13.0. The first-order chi connectivity index (χ1) is 14.4. The summed E-state index contributed by atoms with van der Waals surface area (Å²) in [5.74, 6) is -0.104. The standard InChI is InChI=1S/C22H26N4O4/c1-5-29-21-19-18(15-7-6-14(24)10-16(15)28-4)17(22(27)30-9-8-23)13(3)26-20(19)12(2)11-25-21/h6-8,10-11,18,23,26H,5,9,24H2,1-4H3. The number of carbonyl (C=O) groups excluding carboxylic acids is 1. The highest BCUT2D eigenvalue weighted by molar-refractivity contribution is 5.96. The van der Waals surface area contributed by atoms with Crippen LogP contribution in [0.4, 0.5) is 11.4 Å². The topological polar surface area (TPSA) is 120 Å². The van der Waals surface area contributed by atoms with Gasteiger partial charge in [-0.15, -0.1) is 0 Å². The third kappa shape index (κ3) is 3.80. The lowest BCUT2D eigenvalue weighted by Gasteiger charge is -2.32. The lowest BCUT2D eigenvalue weighted by atomic mass is 9.80. The largest absolute Gasteiger partial charge is 0.496 e. The van der Waals surface area contributed by atoms with Crippen molar-refractivity contribution in [1.29, 1.82) is 5.41 Å². The van der Waals surface area contributed by atoms with Crippen LogP contribution in [0, 0.1) is 12.3 Å². The summed E-state index contributed by atoms with van der Waals surface area (Å²) in [4.78, 5) is 17.5. The Bertz CT molecular complexity index is 1020. The van der Waals surface area contributed by atoms with Crippen LogP contribution in [0.15, 0.2) is 35.7 Å². The summed E-state index contributed by atoms with van der Waals surface area (Å²) >= 11 is 0. The molecule has 158 valence electrons. The number of hydrogen-bond acceptors (Lipinski definition) is 8. The summed E-state index contributed by atoms with van der Waals surface area (Å²) in [6.45, 7) is 5.95. The molecule has 0 amide bonds. The molecule has 1 atom stereocenters. The second-order valence-corrected chi connectivity index (χ2v) is 6.87. The number of carbonyl (C=O) groups is 1. The number of fused-ring (bicyclic) bond motifs is 1. The summed E-state index contributed by atoms with van der Waals surface area (Å²) in [7, 11) is 1.56. The minimum atomic E-state index is -0.552. The van der Waals surface area contributed by atoms with Crippen molar-refractivity contribution < 1.29 is 19.0 Å². The lowest BCUT2D eigenvalue weighted by Crippen LogP contribution is -2.26. The zero-order valence-electron chi connectivity index (χ0n) is 17.5. The van der Waals surface area contributed by atoms with E-state index in [9.17, 15) is 4.79 Å². The molecule has 0 spiro atoms. The fraction of sp³-hybridized carbons (Fsp3) is 0.318. The van der Waals surface area contributed by atoms with E-state index in [0.29, 0.717) is 35.2 Å². The van der Waals surface area contributed by atoms with Gasteiger partial charge in [0.15, 0.2) is 0 Å².